The number of hydrogen-bond acceptors (Lipinski definition) is 8. The Kier molecular flexibility index (Phi) is 10.4. The summed E-state index contributed by atoms with van der Waals surface area (Å²) in [5.74, 6) is 1.87. The molecule has 10 heteroatoms. The number of nitrogens with two attached hydrogens (primary N) is 1. The summed E-state index contributed by atoms with van der Waals surface area (Å²) in [6, 6.07) is 0.217. The van der Waals surface area contributed by atoms with Crippen molar-refractivity contribution in [3.05, 3.63) is 0 Å². The third kappa shape index (κ3) is 6.17. The van der Waals surface area contributed by atoms with Gasteiger partial charge in [-0.25, -0.2) is 8.42 Å². The van der Waals surface area contributed by atoms with Crippen LogP contribution in [-0.2, 0) is 24.2 Å². The molecule has 1 saturated heterocycles. The second kappa shape index (κ2) is 13.7. The number of rotatable bonds is 10. The van der Waals surface area contributed by atoms with Crippen molar-refractivity contribution in [3.8, 4) is 0 Å². The molecular formula is C44H75N3O6S. The Morgan fingerprint density at radius 3 is 2.13 bits per heavy atom. The summed E-state index contributed by atoms with van der Waals surface area (Å²) in [4.78, 5) is 27.7. The van der Waals surface area contributed by atoms with Crippen LogP contribution in [0.2, 0.25) is 0 Å². The Morgan fingerprint density at radius 2 is 1.52 bits per heavy atom. The molecule has 0 aromatic heterocycles. The van der Waals surface area contributed by atoms with Gasteiger partial charge in [-0.05, 0) is 134 Å². The lowest BCUT2D eigenvalue weighted by Gasteiger charge is -2.73. The number of carbonyl (C=O) groups is 2. The highest BCUT2D eigenvalue weighted by Gasteiger charge is 2.72. The highest BCUT2D eigenvalue weighted by atomic mass is 32.2. The van der Waals surface area contributed by atoms with E-state index in [4.69, 9.17) is 10.5 Å². The van der Waals surface area contributed by atoms with Crippen LogP contribution in [0.25, 0.3) is 0 Å². The number of esters is 1. The highest BCUT2D eigenvalue weighted by Crippen LogP contribution is 2.76. The molecule has 308 valence electrons. The van der Waals surface area contributed by atoms with Gasteiger partial charge in [0.05, 0.1) is 23.3 Å². The van der Waals surface area contributed by atoms with Gasteiger partial charge in [-0.15, -0.1) is 0 Å². The fourth-order valence-corrected chi connectivity index (χ4v) is 16.9. The van der Waals surface area contributed by atoms with Crippen LogP contribution in [0.3, 0.4) is 0 Å². The van der Waals surface area contributed by atoms with Crippen LogP contribution in [0.4, 0.5) is 0 Å². The third-order valence-electron chi connectivity index (χ3n) is 19.0. The number of fused-ring (bicyclic) bond motifs is 7. The van der Waals surface area contributed by atoms with Crippen molar-refractivity contribution in [1.82, 2.24) is 10.2 Å². The number of hydrogen-bond donors (Lipinski definition) is 3. The average Bonchev–Trinajstić information content (AvgIpc) is 3.47. The van der Waals surface area contributed by atoms with Crippen molar-refractivity contribution >= 4 is 21.8 Å². The average molecular weight is 774 g/mol. The minimum absolute atomic E-state index is 0.160. The van der Waals surface area contributed by atoms with Crippen LogP contribution < -0.4 is 11.1 Å². The van der Waals surface area contributed by atoms with E-state index in [0.29, 0.717) is 55.1 Å². The highest BCUT2D eigenvalue weighted by molar-refractivity contribution is 7.91. The van der Waals surface area contributed by atoms with Gasteiger partial charge in [0.15, 0.2) is 9.84 Å². The minimum atomic E-state index is -2.92. The molecule has 0 radical (unpaired) electrons. The largest absolute Gasteiger partial charge is 0.481 e. The lowest BCUT2D eigenvalue weighted by atomic mass is 9.32. The van der Waals surface area contributed by atoms with Gasteiger partial charge < -0.3 is 20.9 Å². The van der Waals surface area contributed by atoms with Crippen molar-refractivity contribution in [2.75, 3.05) is 37.7 Å². The van der Waals surface area contributed by atoms with Crippen molar-refractivity contribution in [2.24, 2.45) is 80.2 Å². The van der Waals surface area contributed by atoms with Gasteiger partial charge in [0, 0.05) is 36.6 Å². The fraction of sp³-hybridized carbons (Fsp3) is 0.955. The molecule has 6 aliphatic carbocycles. The van der Waals surface area contributed by atoms with Gasteiger partial charge >= 0.3 is 11.9 Å². The molecule has 9 nitrogen and oxygen atoms in total. The normalized spacial score (nSPS) is 46.7. The van der Waals surface area contributed by atoms with Gasteiger partial charge in [0.2, 0.25) is 0 Å². The topological polar surface area (TPSA) is 139 Å². The molecule has 0 bridgehead atoms. The Bertz CT molecular complexity index is 1570. The third-order valence-corrected chi connectivity index (χ3v) is 20.6. The van der Waals surface area contributed by atoms with E-state index < -0.39 is 33.1 Å². The lowest BCUT2D eigenvalue weighted by molar-refractivity contribution is -0.247. The first-order chi connectivity index (χ1) is 25.1. The molecule has 0 aromatic carbocycles. The summed E-state index contributed by atoms with van der Waals surface area (Å²) in [6.07, 6.45) is 12.7. The number of carboxylic acids is 1. The predicted molar refractivity (Wildman–Crippen MR) is 213 cm³/mol. The van der Waals surface area contributed by atoms with E-state index in [0.717, 1.165) is 32.2 Å². The molecule has 7 rings (SSSR count). The number of carbonyl (C=O) groups excluding carboxylic acids is 1. The van der Waals surface area contributed by atoms with Crippen molar-refractivity contribution in [2.45, 2.75) is 151 Å². The summed E-state index contributed by atoms with van der Waals surface area (Å²) >= 11 is 0. The number of ether oxygens (including phenoxy) is 1. The molecule has 7 aliphatic rings. The van der Waals surface area contributed by atoms with Crippen LogP contribution in [0.5, 0.6) is 0 Å². The Balaban J connectivity index is 1.08. The molecule has 4 N–H and O–H groups in total. The minimum Gasteiger partial charge on any atom is -0.481 e. The molecule has 1 aliphatic heterocycles. The smallest absolute Gasteiger partial charge is 0.310 e. The second-order valence-electron chi connectivity index (χ2n) is 22.0. The van der Waals surface area contributed by atoms with Crippen LogP contribution in [0.15, 0.2) is 0 Å². The number of carboxylic acid groups (broad SMARTS) is 1. The summed E-state index contributed by atoms with van der Waals surface area (Å²) < 4.78 is 30.6. The predicted octanol–water partition coefficient (Wildman–Crippen LogP) is 6.78. The molecule has 0 spiro atoms. The maximum atomic E-state index is 13.5. The Labute approximate surface area is 327 Å². The van der Waals surface area contributed by atoms with Crippen LogP contribution in [0, 0.1) is 74.4 Å². The zero-order valence-electron chi connectivity index (χ0n) is 35.2. The number of sulfone groups is 1. The zero-order chi connectivity index (χ0) is 39.4. The Morgan fingerprint density at radius 1 is 0.833 bits per heavy atom. The van der Waals surface area contributed by atoms with E-state index in [9.17, 15) is 23.1 Å². The molecule has 13 atom stereocenters. The quantitative estimate of drug-likeness (QED) is 0.205. The molecule has 7 fully saturated rings. The van der Waals surface area contributed by atoms with E-state index in [2.05, 4.69) is 58.7 Å². The van der Waals surface area contributed by atoms with Gasteiger partial charge in [0.1, 0.15) is 6.10 Å². The van der Waals surface area contributed by atoms with Crippen molar-refractivity contribution in [1.29, 1.82) is 0 Å². The van der Waals surface area contributed by atoms with Gasteiger partial charge in [-0.2, -0.15) is 0 Å². The summed E-state index contributed by atoms with van der Waals surface area (Å²) in [7, 11) is -2.92. The maximum Gasteiger partial charge on any atom is 0.310 e. The summed E-state index contributed by atoms with van der Waals surface area (Å²) in [5, 5.41) is 14.0. The molecule has 54 heavy (non-hydrogen) atoms. The van der Waals surface area contributed by atoms with E-state index in [1.54, 1.807) is 0 Å². The standard InChI is InChI=1S/C44H75N3O6S/c1-27(2)29-12-18-44(46-21-15-28(26-45)47-22-24-54(51,52)25-23-47)20-19-42(8)30(34(29)44)10-11-32-41(7)16-14-33(39(3,4)31(41)13-17-43(32,42)9)53-38(50)36-35(37(48)49)40(36,5)6/h27-36,46H,10-26,45H2,1-9H3,(H,48,49)/t28-,29+,30-,31+,32-,33+,34-,35+,36-,41+,42-,43-,44+/m1/s1. The van der Waals surface area contributed by atoms with Gasteiger partial charge in [-0.1, -0.05) is 62.3 Å². The number of nitrogens with one attached hydrogen (secondary N) is 1. The van der Waals surface area contributed by atoms with E-state index in [1.165, 1.54) is 44.9 Å². The molecular weight excluding hydrogens is 699 g/mol. The SMILES string of the molecule is CC(C)[C@@H]1CC[C@]2(NCC[C@H](CN)N3CCS(=O)(=O)CC3)CC[C@]3(C)[C@H](CC[C@@H]4[C@@]5(C)CC[C@H](OC(=O)[C@H]6[C@@H](C(=O)O)C6(C)C)C(C)(C)[C@@H]5CC[C@]43C)[C@@H]12. The zero-order valence-corrected chi connectivity index (χ0v) is 36.0. The lowest BCUT2D eigenvalue weighted by Crippen LogP contribution is -2.69. The fourth-order valence-electron chi connectivity index (χ4n) is 15.7. The van der Waals surface area contributed by atoms with Crippen LogP contribution in [-0.4, -0.2) is 85.7 Å². The molecule has 0 unspecified atom stereocenters. The number of aliphatic carboxylic acids is 1. The van der Waals surface area contributed by atoms with Gasteiger partial charge in [0.25, 0.3) is 0 Å². The molecule has 6 saturated carbocycles. The van der Waals surface area contributed by atoms with E-state index in [1.807, 2.05) is 13.8 Å². The van der Waals surface area contributed by atoms with Gasteiger partial charge in [-0.3, -0.25) is 14.5 Å². The Hall–Kier alpha value is -1.23. The first kappa shape index (κ1) is 40.9. The van der Waals surface area contributed by atoms with Crippen LogP contribution >= 0.6 is 0 Å². The van der Waals surface area contributed by atoms with E-state index in [-0.39, 0.29) is 56.8 Å². The second-order valence-corrected chi connectivity index (χ2v) is 24.3. The summed E-state index contributed by atoms with van der Waals surface area (Å²) in [6.45, 7) is 24.0. The maximum absolute atomic E-state index is 13.5. The first-order valence-electron chi connectivity index (χ1n) is 21.9. The molecule has 0 aromatic rings. The molecule has 1 heterocycles. The van der Waals surface area contributed by atoms with Crippen LogP contribution in [0.1, 0.15) is 133 Å². The monoisotopic (exact) mass is 774 g/mol. The number of nitrogens with zero attached hydrogens (tertiary/aromatic N) is 1. The van der Waals surface area contributed by atoms with Crippen molar-refractivity contribution < 1.29 is 27.9 Å². The summed E-state index contributed by atoms with van der Waals surface area (Å²) in [5.41, 5.74) is 6.42. The van der Waals surface area contributed by atoms with Crippen molar-refractivity contribution in [3.63, 3.8) is 0 Å². The first-order valence-corrected chi connectivity index (χ1v) is 23.7. The van der Waals surface area contributed by atoms with E-state index >= 15 is 0 Å². The molecule has 0 amide bonds.